The van der Waals surface area contributed by atoms with E-state index in [1.165, 1.54) is 0 Å². The van der Waals surface area contributed by atoms with Gasteiger partial charge in [0, 0.05) is 17.4 Å². The number of hydrogen-bond donors (Lipinski definition) is 0. The Bertz CT molecular complexity index is 610. The molecule has 0 aliphatic carbocycles. The number of halogens is 2. The summed E-state index contributed by atoms with van der Waals surface area (Å²) in [5.41, 5.74) is 3.90. The van der Waals surface area contributed by atoms with Gasteiger partial charge in [0.25, 0.3) is 0 Å². The van der Waals surface area contributed by atoms with Crippen molar-refractivity contribution in [2.75, 3.05) is 6.61 Å². The van der Waals surface area contributed by atoms with Crippen LogP contribution in [-0.2, 0) is 17.8 Å². The number of ether oxygens (including phenoxy) is 1. The van der Waals surface area contributed by atoms with Crippen LogP contribution in [-0.4, -0.2) is 11.6 Å². The molecule has 1 aromatic heterocycles. The molecule has 2 aromatic rings. The van der Waals surface area contributed by atoms with Gasteiger partial charge < -0.3 is 4.74 Å². The van der Waals surface area contributed by atoms with Crippen molar-refractivity contribution in [1.82, 2.24) is 4.98 Å². The standard InChI is InChI=1S/C13H11Cl2NO/c1-7-4-8-12(15)9-6-17-3-2-11(9)16-13(8)10(14)5-7/h4-5H,2-3,6H2,1H3. The van der Waals surface area contributed by atoms with Crippen molar-refractivity contribution in [2.45, 2.75) is 20.0 Å². The highest BCUT2D eigenvalue weighted by atomic mass is 35.5. The van der Waals surface area contributed by atoms with Crippen molar-refractivity contribution in [3.8, 4) is 0 Å². The van der Waals surface area contributed by atoms with E-state index in [0.717, 1.165) is 39.2 Å². The predicted molar refractivity (Wildman–Crippen MR) is 69.9 cm³/mol. The number of benzene rings is 1. The van der Waals surface area contributed by atoms with E-state index in [2.05, 4.69) is 4.98 Å². The first kappa shape index (κ1) is 11.3. The summed E-state index contributed by atoms with van der Waals surface area (Å²) in [6.45, 7) is 3.24. The maximum Gasteiger partial charge on any atom is 0.0906 e. The van der Waals surface area contributed by atoms with E-state index in [-0.39, 0.29) is 0 Å². The van der Waals surface area contributed by atoms with Gasteiger partial charge in [-0.15, -0.1) is 0 Å². The lowest BCUT2D eigenvalue weighted by Crippen LogP contribution is -2.12. The van der Waals surface area contributed by atoms with E-state index < -0.39 is 0 Å². The molecule has 0 radical (unpaired) electrons. The fraction of sp³-hybridized carbons (Fsp3) is 0.308. The van der Waals surface area contributed by atoms with Gasteiger partial charge in [-0.25, -0.2) is 0 Å². The minimum Gasteiger partial charge on any atom is -0.376 e. The minimum atomic E-state index is 0.544. The molecular formula is C13H11Cl2NO. The van der Waals surface area contributed by atoms with Crippen molar-refractivity contribution in [1.29, 1.82) is 0 Å². The molecule has 2 nitrogen and oxygen atoms in total. The number of hydrogen-bond acceptors (Lipinski definition) is 2. The zero-order chi connectivity index (χ0) is 12.0. The first-order chi connectivity index (χ1) is 8.16. The van der Waals surface area contributed by atoms with Crippen LogP contribution in [0, 0.1) is 6.92 Å². The lowest BCUT2D eigenvalue weighted by atomic mass is 10.0. The van der Waals surface area contributed by atoms with Crippen LogP contribution in [0.5, 0.6) is 0 Å². The van der Waals surface area contributed by atoms with Crippen LogP contribution in [0.2, 0.25) is 10.0 Å². The van der Waals surface area contributed by atoms with E-state index in [9.17, 15) is 0 Å². The predicted octanol–water partition coefficient (Wildman–Crippen LogP) is 3.92. The van der Waals surface area contributed by atoms with E-state index in [1.54, 1.807) is 0 Å². The van der Waals surface area contributed by atoms with Crippen LogP contribution in [0.25, 0.3) is 10.9 Å². The molecule has 2 heterocycles. The quantitative estimate of drug-likeness (QED) is 0.722. The van der Waals surface area contributed by atoms with E-state index >= 15 is 0 Å². The van der Waals surface area contributed by atoms with E-state index in [4.69, 9.17) is 27.9 Å². The molecule has 1 aliphatic rings. The van der Waals surface area contributed by atoms with Gasteiger partial charge in [-0.3, -0.25) is 4.98 Å². The zero-order valence-electron chi connectivity index (χ0n) is 9.39. The summed E-state index contributed by atoms with van der Waals surface area (Å²) < 4.78 is 5.43. The Hall–Kier alpha value is -0.830. The highest BCUT2D eigenvalue weighted by molar-refractivity contribution is 6.39. The first-order valence-electron chi connectivity index (χ1n) is 5.51. The minimum absolute atomic E-state index is 0.544. The van der Waals surface area contributed by atoms with Crippen molar-refractivity contribution in [3.63, 3.8) is 0 Å². The third kappa shape index (κ3) is 1.81. The van der Waals surface area contributed by atoms with Gasteiger partial charge in [-0.2, -0.15) is 0 Å². The third-order valence-electron chi connectivity index (χ3n) is 3.03. The lowest BCUT2D eigenvalue weighted by Gasteiger charge is -2.18. The van der Waals surface area contributed by atoms with Crippen molar-refractivity contribution in [3.05, 3.63) is 39.0 Å². The van der Waals surface area contributed by atoms with E-state index in [1.807, 2.05) is 19.1 Å². The van der Waals surface area contributed by atoms with Gasteiger partial charge in [0.1, 0.15) is 0 Å². The summed E-state index contributed by atoms with van der Waals surface area (Å²) in [4.78, 5) is 4.62. The summed E-state index contributed by atoms with van der Waals surface area (Å²) in [6, 6.07) is 3.93. The molecule has 17 heavy (non-hydrogen) atoms. The molecule has 0 saturated heterocycles. The van der Waals surface area contributed by atoms with Crippen LogP contribution in [0.4, 0.5) is 0 Å². The number of aryl methyl sites for hydroxylation is 1. The highest BCUT2D eigenvalue weighted by Crippen LogP contribution is 2.34. The monoisotopic (exact) mass is 267 g/mol. The van der Waals surface area contributed by atoms with Gasteiger partial charge in [-0.05, 0) is 24.6 Å². The summed E-state index contributed by atoms with van der Waals surface area (Å²) >= 11 is 12.6. The molecule has 0 amide bonds. The Morgan fingerprint density at radius 2 is 2.12 bits per heavy atom. The highest BCUT2D eigenvalue weighted by Gasteiger charge is 2.18. The van der Waals surface area contributed by atoms with Crippen LogP contribution in [0.3, 0.4) is 0 Å². The average molecular weight is 268 g/mol. The first-order valence-corrected chi connectivity index (χ1v) is 6.27. The number of pyridine rings is 1. The summed E-state index contributed by atoms with van der Waals surface area (Å²) in [5, 5.41) is 2.31. The Balaban J connectivity index is 2.40. The maximum atomic E-state index is 6.42. The van der Waals surface area contributed by atoms with Crippen molar-refractivity contribution in [2.24, 2.45) is 0 Å². The van der Waals surface area contributed by atoms with Crippen LogP contribution in [0.1, 0.15) is 16.8 Å². The van der Waals surface area contributed by atoms with Gasteiger partial charge >= 0.3 is 0 Å². The molecule has 0 fully saturated rings. The van der Waals surface area contributed by atoms with Gasteiger partial charge in [0.15, 0.2) is 0 Å². The molecule has 0 saturated carbocycles. The molecule has 0 N–H and O–H groups in total. The van der Waals surface area contributed by atoms with Crippen molar-refractivity contribution >= 4 is 34.1 Å². The molecule has 0 spiro atoms. The number of aromatic nitrogens is 1. The van der Waals surface area contributed by atoms with Crippen molar-refractivity contribution < 1.29 is 4.74 Å². The fourth-order valence-electron chi connectivity index (χ4n) is 2.20. The van der Waals surface area contributed by atoms with Gasteiger partial charge in [-0.1, -0.05) is 23.2 Å². The Morgan fingerprint density at radius 3 is 2.94 bits per heavy atom. The molecule has 1 aliphatic heterocycles. The fourth-order valence-corrected chi connectivity index (χ4v) is 2.83. The largest absolute Gasteiger partial charge is 0.376 e. The summed E-state index contributed by atoms with van der Waals surface area (Å²) in [7, 11) is 0. The molecule has 88 valence electrons. The topological polar surface area (TPSA) is 22.1 Å². The molecule has 0 atom stereocenters. The second-order valence-electron chi connectivity index (χ2n) is 4.30. The van der Waals surface area contributed by atoms with Crippen LogP contribution < -0.4 is 0 Å². The number of nitrogens with zero attached hydrogens (tertiary/aromatic N) is 1. The number of fused-ring (bicyclic) bond motifs is 2. The average Bonchev–Trinajstić information content (AvgIpc) is 2.31. The molecule has 0 unspecified atom stereocenters. The van der Waals surface area contributed by atoms with Gasteiger partial charge in [0.2, 0.25) is 0 Å². The second kappa shape index (κ2) is 4.13. The number of rotatable bonds is 0. The Morgan fingerprint density at radius 1 is 1.29 bits per heavy atom. The smallest absolute Gasteiger partial charge is 0.0906 e. The van der Waals surface area contributed by atoms with E-state index in [0.29, 0.717) is 18.2 Å². The normalized spacial score (nSPS) is 15.0. The third-order valence-corrected chi connectivity index (χ3v) is 3.75. The SMILES string of the molecule is Cc1cc(Cl)c2nc3c(c(Cl)c2c1)COCC3. The van der Waals surface area contributed by atoms with Gasteiger partial charge in [0.05, 0.1) is 34.5 Å². The maximum absolute atomic E-state index is 6.42. The zero-order valence-corrected chi connectivity index (χ0v) is 10.9. The lowest BCUT2D eigenvalue weighted by molar-refractivity contribution is 0.109. The van der Waals surface area contributed by atoms with Crippen LogP contribution in [0.15, 0.2) is 12.1 Å². The molecule has 4 heteroatoms. The molecule has 3 rings (SSSR count). The molecule has 0 bridgehead atoms. The molecular weight excluding hydrogens is 257 g/mol. The summed E-state index contributed by atoms with van der Waals surface area (Å²) in [6.07, 6.45) is 0.801. The Labute approximate surface area is 110 Å². The molecule has 1 aromatic carbocycles. The van der Waals surface area contributed by atoms with Crippen LogP contribution >= 0.6 is 23.2 Å². The second-order valence-corrected chi connectivity index (χ2v) is 5.08. The Kier molecular flexibility index (Phi) is 2.74. The summed E-state index contributed by atoms with van der Waals surface area (Å²) in [5.74, 6) is 0.